The zero-order valence-electron chi connectivity index (χ0n) is 11.6. The van der Waals surface area contributed by atoms with Gasteiger partial charge in [-0.15, -0.1) is 0 Å². The lowest BCUT2D eigenvalue weighted by atomic mass is 10.0. The summed E-state index contributed by atoms with van der Waals surface area (Å²) in [7, 11) is 6.00. The minimum absolute atomic E-state index is 0.394. The van der Waals surface area contributed by atoms with Crippen molar-refractivity contribution in [2.45, 2.75) is 0 Å². The standard InChI is InChI=1S/C13H11NO.C3H9N/c14-13(15)12-8-6-11(7-9-12)10-4-2-1-3-5-10;1-4(2)3/h1-9H,(H2,14,15);1-3H3. The lowest BCUT2D eigenvalue weighted by Crippen LogP contribution is -2.10. The maximum Gasteiger partial charge on any atom is 0.248 e. The molecule has 0 aliphatic carbocycles. The number of nitrogens with zero attached hydrogens (tertiary/aromatic N) is 1. The summed E-state index contributed by atoms with van der Waals surface area (Å²) in [4.78, 5) is 12.9. The molecule has 0 aromatic heterocycles. The van der Waals surface area contributed by atoms with Gasteiger partial charge in [0, 0.05) is 5.56 Å². The maximum absolute atomic E-state index is 10.9. The Labute approximate surface area is 114 Å². The molecule has 2 N–H and O–H groups in total. The van der Waals surface area contributed by atoms with Gasteiger partial charge in [0.25, 0.3) is 0 Å². The molecule has 0 aliphatic rings. The van der Waals surface area contributed by atoms with Crippen LogP contribution in [0.4, 0.5) is 0 Å². The van der Waals surface area contributed by atoms with Crippen LogP contribution in [0.3, 0.4) is 0 Å². The molecule has 3 nitrogen and oxygen atoms in total. The first-order chi connectivity index (χ1) is 9.00. The van der Waals surface area contributed by atoms with Crippen LogP contribution in [-0.2, 0) is 0 Å². The van der Waals surface area contributed by atoms with E-state index in [1.165, 1.54) is 0 Å². The van der Waals surface area contributed by atoms with Crippen molar-refractivity contribution in [2.75, 3.05) is 21.1 Å². The van der Waals surface area contributed by atoms with E-state index in [1.54, 1.807) is 12.1 Å². The molecule has 0 atom stereocenters. The van der Waals surface area contributed by atoms with Crippen molar-refractivity contribution in [2.24, 2.45) is 5.73 Å². The van der Waals surface area contributed by atoms with Crippen molar-refractivity contribution in [3.8, 4) is 11.1 Å². The number of rotatable bonds is 2. The van der Waals surface area contributed by atoms with Crippen LogP contribution in [0.15, 0.2) is 54.6 Å². The molecule has 0 heterocycles. The number of hydrogen-bond donors (Lipinski definition) is 1. The SMILES string of the molecule is CN(C)C.NC(=O)c1ccc(-c2ccccc2)cc1. The van der Waals surface area contributed by atoms with Crippen LogP contribution in [0.1, 0.15) is 10.4 Å². The monoisotopic (exact) mass is 256 g/mol. The Kier molecular flexibility index (Phi) is 5.76. The van der Waals surface area contributed by atoms with E-state index >= 15 is 0 Å². The van der Waals surface area contributed by atoms with Crippen LogP contribution in [0, 0.1) is 0 Å². The van der Waals surface area contributed by atoms with E-state index in [2.05, 4.69) is 0 Å². The van der Waals surface area contributed by atoms with E-state index in [4.69, 9.17) is 5.73 Å². The number of primary amides is 1. The molecule has 0 spiro atoms. The van der Waals surface area contributed by atoms with Gasteiger partial charge in [-0.3, -0.25) is 4.79 Å². The number of carbonyl (C=O) groups excluding carboxylic acids is 1. The van der Waals surface area contributed by atoms with Crippen molar-refractivity contribution < 1.29 is 4.79 Å². The summed E-state index contributed by atoms with van der Waals surface area (Å²) >= 11 is 0. The third-order valence-electron chi connectivity index (χ3n) is 2.28. The number of amides is 1. The fourth-order valence-corrected chi connectivity index (χ4v) is 1.46. The van der Waals surface area contributed by atoms with Crippen molar-refractivity contribution in [1.82, 2.24) is 4.90 Å². The third kappa shape index (κ3) is 5.36. The van der Waals surface area contributed by atoms with Gasteiger partial charge in [-0.25, -0.2) is 0 Å². The first-order valence-corrected chi connectivity index (χ1v) is 6.07. The zero-order chi connectivity index (χ0) is 14.3. The molecule has 0 radical (unpaired) electrons. The largest absolute Gasteiger partial charge is 0.366 e. The molecule has 0 fully saturated rings. The minimum Gasteiger partial charge on any atom is -0.366 e. The molecule has 19 heavy (non-hydrogen) atoms. The van der Waals surface area contributed by atoms with Crippen molar-refractivity contribution in [1.29, 1.82) is 0 Å². The minimum atomic E-state index is -0.394. The van der Waals surface area contributed by atoms with Crippen LogP contribution >= 0.6 is 0 Å². The Morgan fingerprint density at radius 1 is 0.842 bits per heavy atom. The molecule has 0 saturated heterocycles. The molecular weight excluding hydrogens is 236 g/mol. The normalized spacial score (nSPS) is 9.68. The summed E-state index contributed by atoms with van der Waals surface area (Å²) in [5.41, 5.74) is 7.92. The molecule has 100 valence electrons. The van der Waals surface area contributed by atoms with Gasteiger partial charge in [-0.2, -0.15) is 0 Å². The summed E-state index contributed by atoms with van der Waals surface area (Å²) in [5, 5.41) is 0. The quantitative estimate of drug-likeness (QED) is 0.897. The molecule has 1 amide bonds. The lowest BCUT2D eigenvalue weighted by Gasteiger charge is -2.01. The van der Waals surface area contributed by atoms with Gasteiger partial charge in [0.1, 0.15) is 0 Å². The van der Waals surface area contributed by atoms with E-state index < -0.39 is 5.91 Å². The molecule has 3 heteroatoms. The Morgan fingerprint density at radius 2 is 1.26 bits per heavy atom. The van der Waals surface area contributed by atoms with Crippen LogP contribution < -0.4 is 5.73 Å². The molecule has 0 unspecified atom stereocenters. The van der Waals surface area contributed by atoms with Crippen molar-refractivity contribution in [3.05, 3.63) is 60.2 Å². The van der Waals surface area contributed by atoms with Crippen molar-refractivity contribution in [3.63, 3.8) is 0 Å². The van der Waals surface area contributed by atoms with Crippen LogP contribution in [0.5, 0.6) is 0 Å². The van der Waals surface area contributed by atoms with Crippen LogP contribution in [0.2, 0.25) is 0 Å². The van der Waals surface area contributed by atoms with Crippen LogP contribution in [0.25, 0.3) is 11.1 Å². The van der Waals surface area contributed by atoms with Gasteiger partial charge in [0.15, 0.2) is 0 Å². The summed E-state index contributed by atoms with van der Waals surface area (Å²) in [6.07, 6.45) is 0. The zero-order valence-corrected chi connectivity index (χ0v) is 11.6. The number of hydrogen-bond acceptors (Lipinski definition) is 2. The fourth-order valence-electron chi connectivity index (χ4n) is 1.46. The van der Waals surface area contributed by atoms with Crippen LogP contribution in [-0.4, -0.2) is 32.0 Å². The second kappa shape index (κ2) is 7.34. The second-order valence-corrected chi connectivity index (χ2v) is 4.65. The highest BCUT2D eigenvalue weighted by Gasteiger charge is 2.00. The fraction of sp³-hybridized carbons (Fsp3) is 0.188. The van der Waals surface area contributed by atoms with Gasteiger partial charge < -0.3 is 10.6 Å². The first kappa shape index (κ1) is 14.9. The number of nitrogens with two attached hydrogens (primary N) is 1. The third-order valence-corrected chi connectivity index (χ3v) is 2.28. The summed E-state index contributed by atoms with van der Waals surface area (Å²) < 4.78 is 0. The highest BCUT2D eigenvalue weighted by atomic mass is 16.1. The topological polar surface area (TPSA) is 46.3 Å². The summed E-state index contributed by atoms with van der Waals surface area (Å²) in [5.74, 6) is -0.394. The Balaban J connectivity index is 0.000000399. The highest BCUT2D eigenvalue weighted by Crippen LogP contribution is 2.18. The van der Waals surface area contributed by atoms with E-state index in [1.807, 2.05) is 68.5 Å². The van der Waals surface area contributed by atoms with Gasteiger partial charge >= 0.3 is 0 Å². The van der Waals surface area contributed by atoms with Crippen molar-refractivity contribution >= 4 is 5.91 Å². The molecule has 0 bridgehead atoms. The van der Waals surface area contributed by atoms with Gasteiger partial charge in [0.2, 0.25) is 5.91 Å². The smallest absolute Gasteiger partial charge is 0.248 e. The summed E-state index contributed by atoms with van der Waals surface area (Å²) in [6.45, 7) is 0. The molecule has 0 aliphatic heterocycles. The lowest BCUT2D eigenvalue weighted by molar-refractivity contribution is 0.100. The van der Waals surface area contributed by atoms with Gasteiger partial charge in [-0.05, 0) is 44.4 Å². The average Bonchev–Trinajstić information content (AvgIpc) is 2.39. The van der Waals surface area contributed by atoms with E-state index in [0.717, 1.165) is 11.1 Å². The van der Waals surface area contributed by atoms with E-state index in [0.29, 0.717) is 5.56 Å². The first-order valence-electron chi connectivity index (χ1n) is 6.07. The molecule has 2 aromatic carbocycles. The molecule has 2 rings (SSSR count). The number of carbonyl (C=O) groups is 1. The molecule has 2 aromatic rings. The summed E-state index contributed by atoms with van der Waals surface area (Å²) in [6, 6.07) is 17.3. The molecule has 0 saturated carbocycles. The Morgan fingerprint density at radius 3 is 1.68 bits per heavy atom. The predicted octanol–water partition coefficient (Wildman–Crippen LogP) is 2.63. The average molecular weight is 256 g/mol. The number of benzene rings is 2. The highest BCUT2D eigenvalue weighted by molar-refractivity contribution is 5.93. The molecular formula is C16H20N2O. The van der Waals surface area contributed by atoms with E-state index in [-0.39, 0.29) is 0 Å². The second-order valence-electron chi connectivity index (χ2n) is 4.65. The van der Waals surface area contributed by atoms with E-state index in [9.17, 15) is 4.79 Å². The Bertz CT molecular complexity index is 501. The van der Waals surface area contributed by atoms with Gasteiger partial charge in [-0.1, -0.05) is 42.5 Å². The van der Waals surface area contributed by atoms with Gasteiger partial charge in [0.05, 0.1) is 0 Å². The maximum atomic E-state index is 10.9. The Hall–Kier alpha value is -2.13. The predicted molar refractivity (Wildman–Crippen MR) is 80.0 cm³/mol.